The molecular weight excluding hydrogens is 278 g/mol. The van der Waals surface area contributed by atoms with Gasteiger partial charge in [-0.3, -0.25) is 4.79 Å². The summed E-state index contributed by atoms with van der Waals surface area (Å²) in [5.74, 6) is -0.215. The first-order chi connectivity index (χ1) is 10.1. The van der Waals surface area contributed by atoms with Crippen LogP contribution in [0, 0.1) is 0 Å². The van der Waals surface area contributed by atoms with Gasteiger partial charge in [-0.1, -0.05) is 38.0 Å². The van der Waals surface area contributed by atoms with E-state index in [-0.39, 0.29) is 24.1 Å². The molecule has 0 saturated heterocycles. The topological polar surface area (TPSA) is 64.3 Å². The van der Waals surface area contributed by atoms with Gasteiger partial charge in [0.05, 0.1) is 6.42 Å². The number of nitrogens with one attached hydrogen (secondary N) is 1. The van der Waals surface area contributed by atoms with E-state index in [0.29, 0.717) is 12.1 Å². The molecule has 6 heteroatoms. The third-order valence-electron chi connectivity index (χ3n) is 3.10. The first-order valence-corrected chi connectivity index (χ1v) is 7.09. The molecule has 4 nitrogen and oxygen atoms in total. The molecule has 1 atom stereocenters. The van der Waals surface area contributed by atoms with Crippen molar-refractivity contribution in [2.75, 3.05) is 6.54 Å². The SMILES string of the molecule is CCCCC(CN)NC(=O)Cc1ccccc1OC(F)F. The van der Waals surface area contributed by atoms with E-state index in [4.69, 9.17) is 5.73 Å². The maximum Gasteiger partial charge on any atom is 0.387 e. The van der Waals surface area contributed by atoms with Crippen LogP contribution < -0.4 is 15.8 Å². The molecule has 1 unspecified atom stereocenters. The van der Waals surface area contributed by atoms with Crippen molar-refractivity contribution in [1.29, 1.82) is 0 Å². The molecule has 1 amide bonds. The second kappa shape index (κ2) is 9.28. The number of ether oxygens (including phenoxy) is 1. The van der Waals surface area contributed by atoms with E-state index in [2.05, 4.69) is 17.0 Å². The van der Waals surface area contributed by atoms with E-state index in [0.717, 1.165) is 19.3 Å². The lowest BCUT2D eigenvalue weighted by Gasteiger charge is -2.17. The molecule has 1 aromatic rings. The summed E-state index contributed by atoms with van der Waals surface area (Å²) in [5, 5.41) is 2.82. The van der Waals surface area contributed by atoms with Crippen LogP contribution >= 0.6 is 0 Å². The van der Waals surface area contributed by atoms with Crippen molar-refractivity contribution in [2.45, 2.75) is 45.3 Å². The van der Waals surface area contributed by atoms with Crippen molar-refractivity contribution in [2.24, 2.45) is 5.73 Å². The minimum Gasteiger partial charge on any atom is -0.435 e. The second-order valence-corrected chi connectivity index (χ2v) is 4.81. The van der Waals surface area contributed by atoms with Crippen LogP contribution in [0.1, 0.15) is 31.7 Å². The van der Waals surface area contributed by atoms with Crippen molar-refractivity contribution in [1.82, 2.24) is 5.32 Å². The van der Waals surface area contributed by atoms with Gasteiger partial charge >= 0.3 is 6.61 Å². The van der Waals surface area contributed by atoms with Gasteiger partial charge in [-0.25, -0.2) is 0 Å². The Morgan fingerprint density at radius 3 is 2.71 bits per heavy atom. The minimum absolute atomic E-state index is 0.00841. The summed E-state index contributed by atoms with van der Waals surface area (Å²) in [6.07, 6.45) is 2.81. The van der Waals surface area contributed by atoms with Crippen LogP contribution in [-0.2, 0) is 11.2 Å². The molecule has 0 aliphatic rings. The van der Waals surface area contributed by atoms with E-state index in [9.17, 15) is 13.6 Å². The second-order valence-electron chi connectivity index (χ2n) is 4.81. The number of carbonyl (C=O) groups excluding carboxylic acids is 1. The lowest BCUT2D eigenvalue weighted by atomic mass is 10.1. The highest BCUT2D eigenvalue weighted by Gasteiger charge is 2.14. The molecule has 0 aliphatic carbocycles. The fourth-order valence-corrected chi connectivity index (χ4v) is 2.01. The van der Waals surface area contributed by atoms with Gasteiger partial charge in [0.1, 0.15) is 5.75 Å². The third kappa shape index (κ3) is 6.53. The van der Waals surface area contributed by atoms with Crippen molar-refractivity contribution in [3.63, 3.8) is 0 Å². The standard InChI is InChI=1S/C15H22F2N2O2/c1-2-3-7-12(10-18)19-14(20)9-11-6-4-5-8-13(11)21-15(16)17/h4-6,8,12,15H,2-3,7,9-10,18H2,1H3,(H,19,20). The Morgan fingerprint density at radius 2 is 2.10 bits per heavy atom. The summed E-state index contributed by atoms with van der Waals surface area (Å²) in [7, 11) is 0. The summed E-state index contributed by atoms with van der Waals surface area (Å²) >= 11 is 0. The van der Waals surface area contributed by atoms with Gasteiger partial charge < -0.3 is 15.8 Å². The molecule has 0 spiro atoms. The largest absolute Gasteiger partial charge is 0.435 e. The molecule has 21 heavy (non-hydrogen) atoms. The lowest BCUT2D eigenvalue weighted by Crippen LogP contribution is -2.40. The molecule has 0 aliphatic heterocycles. The minimum atomic E-state index is -2.91. The van der Waals surface area contributed by atoms with Gasteiger partial charge in [0, 0.05) is 18.2 Å². The summed E-state index contributed by atoms with van der Waals surface area (Å²) in [4.78, 5) is 12.0. The summed E-state index contributed by atoms with van der Waals surface area (Å²) in [6.45, 7) is -0.482. The van der Waals surface area contributed by atoms with Gasteiger partial charge in [0.15, 0.2) is 0 Å². The zero-order valence-corrected chi connectivity index (χ0v) is 12.1. The van der Waals surface area contributed by atoms with Crippen LogP contribution in [-0.4, -0.2) is 25.1 Å². The van der Waals surface area contributed by atoms with Crippen molar-refractivity contribution in [3.8, 4) is 5.75 Å². The number of alkyl halides is 2. The molecule has 0 saturated carbocycles. The molecule has 0 heterocycles. The van der Waals surface area contributed by atoms with Crippen LogP contribution in [0.4, 0.5) is 8.78 Å². The monoisotopic (exact) mass is 300 g/mol. The first-order valence-electron chi connectivity index (χ1n) is 7.09. The van der Waals surface area contributed by atoms with E-state index in [1.807, 2.05) is 0 Å². The average Bonchev–Trinajstić information content (AvgIpc) is 2.45. The Morgan fingerprint density at radius 1 is 1.38 bits per heavy atom. The fraction of sp³-hybridized carbons (Fsp3) is 0.533. The molecule has 1 aromatic carbocycles. The predicted octanol–water partition coefficient (Wildman–Crippen LogP) is 2.46. The van der Waals surface area contributed by atoms with Crippen molar-refractivity contribution in [3.05, 3.63) is 29.8 Å². The average molecular weight is 300 g/mol. The fourth-order valence-electron chi connectivity index (χ4n) is 2.01. The smallest absolute Gasteiger partial charge is 0.387 e. The molecule has 0 bridgehead atoms. The van der Waals surface area contributed by atoms with E-state index >= 15 is 0 Å². The zero-order valence-electron chi connectivity index (χ0n) is 12.1. The number of amides is 1. The molecule has 0 radical (unpaired) electrons. The Balaban J connectivity index is 2.61. The van der Waals surface area contributed by atoms with E-state index in [1.54, 1.807) is 18.2 Å². The Kier molecular flexibility index (Phi) is 7.68. The number of benzene rings is 1. The van der Waals surface area contributed by atoms with Crippen LogP contribution in [0.5, 0.6) is 5.75 Å². The number of para-hydroxylation sites is 1. The molecular formula is C15H22F2N2O2. The first kappa shape index (κ1) is 17.4. The Labute approximate surface area is 123 Å². The van der Waals surface area contributed by atoms with Crippen LogP contribution in [0.3, 0.4) is 0 Å². The predicted molar refractivity (Wildman–Crippen MR) is 77.3 cm³/mol. The third-order valence-corrected chi connectivity index (χ3v) is 3.10. The Hall–Kier alpha value is -1.69. The lowest BCUT2D eigenvalue weighted by molar-refractivity contribution is -0.121. The number of rotatable bonds is 9. The summed E-state index contributed by atoms with van der Waals surface area (Å²) in [5.41, 5.74) is 6.04. The van der Waals surface area contributed by atoms with Crippen LogP contribution in [0.2, 0.25) is 0 Å². The zero-order chi connectivity index (χ0) is 15.7. The number of unbranched alkanes of at least 4 members (excludes halogenated alkanes) is 1. The van der Waals surface area contributed by atoms with Crippen LogP contribution in [0.25, 0.3) is 0 Å². The number of halogens is 2. The number of nitrogens with two attached hydrogens (primary N) is 1. The normalized spacial score (nSPS) is 12.2. The maximum absolute atomic E-state index is 12.3. The van der Waals surface area contributed by atoms with Gasteiger partial charge in [0.2, 0.25) is 5.91 Å². The van der Waals surface area contributed by atoms with Crippen LogP contribution in [0.15, 0.2) is 24.3 Å². The maximum atomic E-state index is 12.3. The number of hydrogen-bond acceptors (Lipinski definition) is 3. The highest BCUT2D eigenvalue weighted by atomic mass is 19.3. The van der Waals surface area contributed by atoms with E-state index in [1.165, 1.54) is 6.07 Å². The highest BCUT2D eigenvalue weighted by Crippen LogP contribution is 2.20. The van der Waals surface area contributed by atoms with Gasteiger partial charge in [0.25, 0.3) is 0 Å². The van der Waals surface area contributed by atoms with Gasteiger partial charge in [-0.05, 0) is 12.5 Å². The summed E-state index contributed by atoms with van der Waals surface area (Å²) in [6, 6.07) is 6.20. The highest BCUT2D eigenvalue weighted by molar-refractivity contribution is 5.79. The quantitative estimate of drug-likeness (QED) is 0.736. The molecule has 0 aromatic heterocycles. The van der Waals surface area contributed by atoms with E-state index < -0.39 is 6.61 Å². The molecule has 0 fully saturated rings. The van der Waals surface area contributed by atoms with Crippen molar-refractivity contribution >= 4 is 5.91 Å². The number of carbonyl (C=O) groups is 1. The van der Waals surface area contributed by atoms with Crippen molar-refractivity contribution < 1.29 is 18.3 Å². The Bertz CT molecular complexity index is 441. The van der Waals surface area contributed by atoms with Gasteiger partial charge in [-0.15, -0.1) is 0 Å². The molecule has 118 valence electrons. The van der Waals surface area contributed by atoms with Gasteiger partial charge in [-0.2, -0.15) is 8.78 Å². The molecule has 3 N–H and O–H groups in total. The number of hydrogen-bond donors (Lipinski definition) is 2. The summed E-state index contributed by atoms with van der Waals surface area (Å²) < 4.78 is 29.0. The molecule has 1 rings (SSSR count).